The number of nitrogens with zero attached hydrogens (tertiary/aromatic N) is 3. The van der Waals surface area contributed by atoms with Crippen molar-refractivity contribution in [2.45, 2.75) is 51.5 Å². The van der Waals surface area contributed by atoms with E-state index in [0.717, 1.165) is 16.7 Å². The number of fused-ring (bicyclic) bond motifs is 1. The molecule has 3 heterocycles. The molecule has 9 heteroatoms. The van der Waals surface area contributed by atoms with Crippen molar-refractivity contribution < 1.29 is 24.0 Å². The molecular weight excluding hydrogens is 472 g/mol. The first-order valence-corrected chi connectivity index (χ1v) is 12.5. The maximum atomic E-state index is 13.8. The number of carbonyl (C=O) groups is 3. The highest BCUT2D eigenvalue weighted by Gasteiger charge is 2.45. The Balaban J connectivity index is 1.27. The molecule has 3 amide bonds. The molecule has 37 heavy (non-hydrogen) atoms. The maximum absolute atomic E-state index is 13.8. The van der Waals surface area contributed by atoms with Crippen LogP contribution in [0.5, 0.6) is 0 Å². The number of aliphatic hydroxyl groups excluding tert-OH is 1. The zero-order chi connectivity index (χ0) is 26.1. The van der Waals surface area contributed by atoms with E-state index in [1.165, 1.54) is 4.90 Å². The van der Waals surface area contributed by atoms with Gasteiger partial charge in [0.1, 0.15) is 12.1 Å². The van der Waals surface area contributed by atoms with Gasteiger partial charge >= 0.3 is 0 Å². The normalized spacial score (nSPS) is 19.8. The lowest BCUT2D eigenvalue weighted by molar-refractivity contribution is -0.143. The van der Waals surface area contributed by atoms with Gasteiger partial charge in [0.25, 0.3) is 5.91 Å². The van der Waals surface area contributed by atoms with Crippen molar-refractivity contribution in [2.24, 2.45) is 5.92 Å². The van der Waals surface area contributed by atoms with E-state index in [-0.39, 0.29) is 43.1 Å². The summed E-state index contributed by atoms with van der Waals surface area (Å²) < 4.78 is 5.16. The van der Waals surface area contributed by atoms with Crippen molar-refractivity contribution in [1.29, 1.82) is 0 Å². The van der Waals surface area contributed by atoms with Gasteiger partial charge in [0.15, 0.2) is 5.76 Å². The molecule has 9 nitrogen and oxygen atoms in total. The highest BCUT2D eigenvalue weighted by molar-refractivity contribution is 6.01. The molecule has 0 spiro atoms. The summed E-state index contributed by atoms with van der Waals surface area (Å²) in [6, 6.07) is 15.1. The number of aliphatic hydroxyl groups is 1. The van der Waals surface area contributed by atoms with E-state index in [9.17, 15) is 19.5 Å². The second-order valence-electron chi connectivity index (χ2n) is 9.97. The third kappa shape index (κ3) is 4.86. The first-order valence-electron chi connectivity index (χ1n) is 12.5. The number of β-amino-alcohol motifs (C(OH)–C–C–N with tert-alkyl or cyclic N) is 1. The first kappa shape index (κ1) is 24.7. The molecule has 3 atom stereocenters. The molecule has 3 aromatic rings. The molecule has 2 aliphatic rings. The number of amides is 3. The molecule has 2 N–H and O–H groups in total. The Bertz CT molecular complexity index is 1290. The Morgan fingerprint density at radius 1 is 1.14 bits per heavy atom. The van der Waals surface area contributed by atoms with Crippen LogP contribution in [-0.4, -0.2) is 62.5 Å². The lowest BCUT2D eigenvalue weighted by atomic mass is 10.0. The monoisotopic (exact) mass is 502 g/mol. The van der Waals surface area contributed by atoms with Gasteiger partial charge in [-0.25, -0.2) is 0 Å². The predicted molar refractivity (Wildman–Crippen MR) is 135 cm³/mol. The van der Waals surface area contributed by atoms with Crippen LogP contribution in [0.4, 0.5) is 0 Å². The molecule has 0 saturated carbocycles. The van der Waals surface area contributed by atoms with Crippen LogP contribution < -0.4 is 5.32 Å². The van der Waals surface area contributed by atoms with Gasteiger partial charge in [-0.05, 0) is 23.1 Å². The Morgan fingerprint density at radius 3 is 2.57 bits per heavy atom. The van der Waals surface area contributed by atoms with Crippen LogP contribution in [0.3, 0.4) is 0 Å². The quantitative estimate of drug-likeness (QED) is 0.513. The van der Waals surface area contributed by atoms with Crippen molar-refractivity contribution in [3.8, 4) is 11.3 Å². The van der Waals surface area contributed by atoms with E-state index in [4.69, 9.17) is 4.52 Å². The summed E-state index contributed by atoms with van der Waals surface area (Å²) in [5.74, 6) is -0.344. The van der Waals surface area contributed by atoms with Crippen LogP contribution in [0, 0.1) is 5.92 Å². The summed E-state index contributed by atoms with van der Waals surface area (Å²) in [5.41, 5.74) is 3.25. The lowest BCUT2D eigenvalue weighted by Gasteiger charge is -2.35. The van der Waals surface area contributed by atoms with E-state index in [0.29, 0.717) is 17.9 Å². The van der Waals surface area contributed by atoms with Gasteiger partial charge in [-0.2, -0.15) is 0 Å². The molecule has 1 aromatic heterocycles. The minimum Gasteiger partial charge on any atom is -0.391 e. The summed E-state index contributed by atoms with van der Waals surface area (Å²) in [5, 5.41) is 17.0. The minimum atomic E-state index is -0.808. The van der Waals surface area contributed by atoms with Crippen molar-refractivity contribution >= 4 is 17.7 Å². The topological polar surface area (TPSA) is 116 Å². The van der Waals surface area contributed by atoms with E-state index in [2.05, 4.69) is 10.5 Å². The number of hydrogen-bond donors (Lipinski definition) is 2. The van der Waals surface area contributed by atoms with Crippen LogP contribution in [0.15, 0.2) is 65.3 Å². The molecular formula is C28H30N4O5. The SMILES string of the molecule is CC(C)[C@@H](C(=O)N1C[C@H](O)C[C@H]1C(=O)NCc1ccc(-c2ccno2)cc1)N1Cc2ccccc2C1=O. The number of benzene rings is 2. The predicted octanol–water partition coefficient (Wildman–Crippen LogP) is 2.60. The maximum Gasteiger partial charge on any atom is 0.255 e. The summed E-state index contributed by atoms with van der Waals surface area (Å²) in [6.45, 7) is 4.46. The van der Waals surface area contributed by atoms with Crippen LogP contribution in [0.25, 0.3) is 11.3 Å². The smallest absolute Gasteiger partial charge is 0.255 e. The van der Waals surface area contributed by atoms with E-state index < -0.39 is 18.2 Å². The molecule has 0 bridgehead atoms. The average molecular weight is 503 g/mol. The number of aromatic nitrogens is 1. The number of likely N-dealkylation sites (tertiary alicyclic amines) is 1. The lowest BCUT2D eigenvalue weighted by Crippen LogP contribution is -2.55. The van der Waals surface area contributed by atoms with Gasteiger partial charge in [-0.3, -0.25) is 14.4 Å². The fourth-order valence-corrected chi connectivity index (χ4v) is 5.21. The van der Waals surface area contributed by atoms with Crippen LogP contribution in [0.2, 0.25) is 0 Å². The fourth-order valence-electron chi connectivity index (χ4n) is 5.21. The van der Waals surface area contributed by atoms with Crippen molar-refractivity contribution in [1.82, 2.24) is 20.3 Å². The number of hydrogen-bond acceptors (Lipinski definition) is 6. The molecule has 5 rings (SSSR count). The number of carbonyl (C=O) groups excluding carboxylic acids is 3. The average Bonchev–Trinajstić information content (AvgIpc) is 3.63. The van der Waals surface area contributed by atoms with Crippen molar-refractivity contribution in [3.63, 3.8) is 0 Å². The molecule has 2 aromatic carbocycles. The van der Waals surface area contributed by atoms with Crippen LogP contribution >= 0.6 is 0 Å². The van der Waals surface area contributed by atoms with E-state index in [1.54, 1.807) is 23.2 Å². The Labute approximate surface area is 215 Å². The van der Waals surface area contributed by atoms with Gasteiger partial charge in [0.2, 0.25) is 11.8 Å². The standard InChI is InChI=1S/C28H30N4O5/c1-17(2)25(32-15-20-5-3-4-6-22(20)27(32)35)28(36)31-16-21(33)13-23(31)26(34)29-14-18-7-9-19(10-8-18)24-11-12-30-37-24/h3-12,17,21,23,25,33H,13-16H2,1-2H3,(H,29,34)/t21-,23+,25+/m1/s1. The van der Waals surface area contributed by atoms with E-state index in [1.807, 2.05) is 56.3 Å². The van der Waals surface area contributed by atoms with Crippen molar-refractivity contribution in [2.75, 3.05) is 6.54 Å². The Kier molecular flexibility index (Phi) is 6.80. The summed E-state index contributed by atoms with van der Waals surface area (Å²) in [4.78, 5) is 43.1. The molecule has 2 aliphatic heterocycles. The zero-order valence-corrected chi connectivity index (χ0v) is 20.8. The summed E-state index contributed by atoms with van der Waals surface area (Å²) in [6.07, 6.45) is 0.927. The van der Waals surface area contributed by atoms with Gasteiger partial charge in [0, 0.05) is 43.2 Å². The molecule has 192 valence electrons. The second kappa shape index (κ2) is 10.2. The van der Waals surface area contributed by atoms with Gasteiger partial charge in [-0.15, -0.1) is 0 Å². The molecule has 0 unspecified atom stereocenters. The van der Waals surface area contributed by atoms with Crippen LogP contribution in [0.1, 0.15) is 41.8 Å². The highest BCUT2D eigenvalue weighted by atomic mass is 16.5. The number of rotatable bonds is 7. The van der Waals surface area contributed by atoms with Crippen molar-refractivity contribution in [3.05, 3.63) is 77.5 Å². The molecule has 1 fully saturated rings. The zero-order valence-electron chi connectivity index (χ0n) is 20.8. The highest BCUT2D eigenvalue weighted by Crippen LogP contribution is 2.30. The first-order chi connectivity index (χ1) is 17.8. The third-order valence-electron chi connectivity index (χ3n) is 7.08. The van der Waals surface area contributed by atoms with Gasteiger partial charge in [-0.1, -0.05) is 61.5 Å². The minimum absolute atomic E-state index is 0.0565. The second-order valence-corrected chi connectivity index (χ2v) is 9.97. The van der Waals surface area contributed by atoms with E-state index >= 15 is 0 Å². The number of nitrogens with one attached hydrogen (secondary N) is 1. The van der Waals surface area contributed by atoms with Crippen LogP contribution in [-0.2, 0) is 22.7 Å². The molecule has 1 saturated heterocycles. The Hall–Kier alpha value is -3.98. The fraction of sp³-hybridized carbons (Fsp3) is 0.357. The third-order valence-corrected chi connectivity index (χ3v) is 7.08. The molecule has 0 aliphatic carbocycles. The van der Waals surface area contributed by atoms with Gasteiger partial charge in [0.05, 0.1) is 12.3 Å². The summed E-state index contributed by atoms with van der Waals surface area (Å²) >= 11 is 0. The Morgan fingerprint density at radius 2 is 1.89 bits per heavy atom. The molecule has 0 radical (unpaired) electrons. The largest absolute Gasteiger partial charge is 0.391 e. The summed E-state index contributed by atoms with van der Waals surface area (Å²) in [7, 11) is 0. The van der Waals surface area contributed by atoms with Gasteiger partial charge < -0.3 is 24.7 Å².